The lowest BCUT2D eigenvalue weighted by atomic mass is 10.3. The molecule has 1 aromatic heterocycles. The van der Waals surface area contributed by atoms with Crippen LogP contribution in [0.4, 0.5) is 5.69 Å². The summed E-state index contributed by atoms with van der Waals surface area (Å²) in [6, 6.07) is 4.04. The fourth-order valence-corrected chi connectivity index (χ4v) is 1.58. The first-order valence-electron chi connectivity index (χ1n) is 4.63. The molecular weight excluding hydrogens is 194 g/mol. The van der Waals surface area contributed by atoms with Gasteiger partial charge >= 0.3 is 0 Å². The van der Waals surface area contributed by atoms with E-state index in [2.05, 4.69) is 29.3 Å². The Morgan fingerprint density at radius 3 is 2.79 bits per heavy atom. The monoisotopic (exact) mass is 211 g/mol. The van der Waals surface area contributed by atoms with Crippen molar-refractivity contribution < 1.29 is 0 Å². The van der Waals surface area contributed by atoms with E-state index in [0.717, 1.165) is 23.7 Å². The van der Waals surface area contributed by atoms with Gasteiger partial charge in [-0.1, -0.05) is 0 Å². The van der Waals surface area contributed by atoms with E-state index in [1.54, 1.807) is 0 Å². The number of rotatable bonds is 5. The van der Waals surface area contributed by atoms with Crippen LogP contribution in [-0.4, -0.2) is 30.6 Å². The average Bonchev–Trinajstić information content (AvgIpc) is 2.26. The summed E-state index contributed by atoms with van der Waals surface area (Å²) in [6.07, 6.45) is 3.99. The molecule has 0 unspecified atom stereocenters. The van der Waals surface area contributed by atoms with E-state index in [0.29, 0.717) is 6.54 Å². The first kappa shape index (κ1) is 11.3. The second-order valence-corrected chi connectivity index (χ2v) is 4.11. The summed E-state index contributed by atoms with van der Waals surface area (Å²) in [5, 5.41) is 0. The van der Waals surface area contributed by atoms with E-state index in [4.69, 9.17) is 5.73 Å². The molecule has 0 radical (unpaired) electrons. The van der Waals surface area contributed by atoms with E-state index in [1.165, 1.54) is 0 Å². The van der Waals surface area contributed by atoms with Crippen LogP contribution in [0, 0.1) is 0 Å². The Hall–Kier alpha value is -0.740. The van der Waals surface area contributed by atoms with Crippen LogP contribution in [0.5, 0.6) is 0 Å². The van der Waals surface area contributed by atoms with Crippen molar-refractivity contribution in [3.05, 3.63) is 24.0 Å². The van der Waals surface area contributed by atoms with Crippen LogP contribution in [0.2, 0.25) is 0 Å². The van der Waals surface area contributed by atoms with Crippen molar-refractivity contribution in [3.8, 4) is 0 Å². The molecule has 14 heavy (non-hydrogen) atoms. The molecule has 0 aromatic carbocycles. The van der Waals surface area contributed by atoms with Gasteiger partial charge in [0.2, 0.25) is 0 Å². The molecule has 78 valence electrons. The average molecular weight is 211 g/mol. The number of aromatic nitrogens is 1. The molecule has 3 nitrogen and oxygen atoms in total. The van der Waals surface area contributed by atoms with Crippen LogP contribution >= 0.6 is 11.8 Å². The van der Waals surface area contributed by atoms with Gasteiger partial charge in [-0.3, -0.25) is 4.98 Å². The summed E-state index contributed by atoms with van der Waals surface area (Å²) in [6.45, 7) is 1.56. The van der Waals surface area contributed by atoms with Crippen LogP contribution in [0.15, 0.2) is 18.3 Å². The Bertz CT molecular complexity index is 261. The second kappa shape index (κ2) is 5.88. The highest BCUT2D eigenvalue weighted by Gasteiger charge is 2.00. The predicted molar refractivity (Wildman–Crippen MR) is 63.8 cm³/mol. The number of thioether (sulfide) groups is 1. The van der Waals surface area contributed by atoms with Crippen molar-refractivity contribution in [2.24, 2.45) is 5.73 Å². The molecule has 2 N–H and O–H groups in total. The van der Waals surface area contributed by atoms with Crippen LogP contribution in [0.3, 0.4) is 0 Å². The minimum Gasteiger partial charge on any atom is -0.373 e. The van der Waals surface area contributed by atoms with Crippen molar-refractivity contribution in [2.75, 3.05) is 30.5 Å². The molecule has 0 aliphatic carbocycles. The first-order valence-corrected chi connectivity index (χ1v) is 6.02. The molecule has 0 saturated carbocycles. The molecule has 1 aromatic rings. The maximum atomic E-state index is 5.48. The first-order chi connectivity index (χ1) is 6.77. The van der Waals surface area contributed by atoms with Gasteiger partial charge in [-0.15, -0.1) is 0 Å². The predicted octanol–water partition coefficient (Wildman–Crippen LogP) is 1.34. The summed E-state index contributed by atoms with van der Waals surface area (Å²) >= 11 is 1.85. The van der Waals surface area contributed by atoms with Gasteiger partial charge in [0.05, 0.1) is 17.6 Å². The topological polar surface area (TPSA) is 42.1 Å². The third-order valence-electron chi connectivity index (χ3n) is 2.09. The van der Waals surface area contributed by atoms with Gasteiger partial charge < -0.3 is 10.6 Å². The van der Waals surface area contributed by atoms with Gasteiger partial charge in [-0.25, -0.2) is 0 Å². The fraction of sp³-hybridized carbons (Fsp3) is 0.500. The second-order valence-electron chi connectivity index (χ2n) is 3.13. The maximum absolute atomic E-state index is 5.48. The van der Waals surface area contributed by atoms with Crippen molar-refractivity contribution >= 4 is 17.4 Å². The largest absolute Gasteiger partial charge is 0.373 e. The van der Waals surface area contributed by atoms with E-state index in [9.17, 15) is 0 Å². The molecule has 4 heteroatoms. The van der Waals surface area contributed by atoms with Gasteiger partial charge in [0.25, 0.3) is 0 Å². The number of nitrogens with zero attached hydrogens (tertiary/aromatic N) is 2. The minimum absolute atomic E-state index is 0.509. The molecule has 0 spiro atoms. The molecule has 0 amide bonds. The van der Waals surface area contributed by atoms with Gasteiger partial charge in [0.1, 0.15) is 0 Å². The zero-order chi connectivity index (χ0) is 10.4. The summed E-state index contributed by atoms with van der Waals surface area (Å²) in [5.74, 6) is 1.13. The highest BCUT2D eigenvalue weighted by molar-refractivity contribution is 7.98. The zero-order valence-corrected chi connectivity index (χ0v) is 9.55. The molecular formula is C10H17N3S. The van der Waals surface area contributed by atoms with Crippen LogP contribution in [0.1, 0.15) is 5.69 Å². The highest BCUT2D eigenvalue weighted by atomic mass is 32.2. The molecule has 0 fully saturated rings. The van der Waals surface area contributed by atoms with Gasteiger partial charge in [0, 0.05) is 25.9 Å². The number of pyridine rings is 1. The Morgan fingerprint density at radius 2 is 2.29 bits per heavy atom. The Labute approximate surface area is 89.7 Å². The maximum Gasteiger partial charge on any atom is 0.0550 e. The molecule has 0 saturated heterocycles. The van der Waals surface area contributed by atoms with Crippen molar-refractivity contribution in [2.45, 2.75) is 6.54 Å². The summed E-state index contributed by atoms with van der Waals surface area (Å²) < 4.78 is 0. The van der Waals surface area contributed by atoms with E-state index in [-0.39, 0.29) is 0 Å². The fourth-order valence-electron chi connectivity index (χ4n) is 1.12. The highest BCUT2D eigenvalue weighted by Crippen LogP contribution is 2.11. The van der Waals surface area contributed by atoms with Crippen LogP contribution in [-0.2, 0) is 6.54 Å². The standard InChI is InChI=1S/C10H17N3S/c1-13(5-6-14-2)10-4-3-9(7-11)12-8-10/h3-4,8H,5-7,11H2,1-2H3. The summed E-state index contributed by atoms with van der Waals surface area (Å²) in [7, 11) is 2.08. The van der Waals surface area contributed by atoms with Gasteiger partial charge in [0.15, 0.2) is 0 Å². The van der Waals surface area contributed by atoms with Crippen molar-refractivity contribution in [1.29, 1.82) is 0 Å². The molecule has 1 heterocycles. The van der Waals surface area contributed by atoms with E-state index >= 15 is 0 Å². The number of anilines is 1. The smallest absolute Gasteiger partial charge is 0.0550 e. The quantitative estimate of drug-likeness (QED) is 0.798. The SMILES string of the molecule is CSCCN(C)c1ccc(CN)nc1. The lowest BCUT2D eigenvalue weighted by Crippen LogP contribution is -2.20. The van der Waals surface area contributed by atoms with Crippen LogP contribution < -0.4 is 10.6 Å². The van der Waals surface area contributed by atoms with E-state index < -0.39 is 0 Å². The Morgan fingerprint density at radius 1 is 1.50 bits per heavy atom. The number of hydrogen-bond donors (Lipinski definition) is 1. The minimum atomic E-state index is 0.509. The normalized spacial score (nSPS) is 10.2. The van der Waals surface area contributed by atoms with E-state index in [1.807, 2.05) is 24.0 Å². The molecule has 0 aliphatic rings. The molecule has 0 bridgehead atoms. The van der Waals surface area contributed by atoms with Crippen LogP contribution in [0.25, 0.3) is 0 Å². The number of nitrogens with two attached hydrogens (primary N) is 1. The zero-order valence-electron chi connectivity index (χ0n) is 8.73. The van der Waals surface area contributed by atoms with Gasteiger partial charge in [-0.05, 0) is 18.4 Å². The molecule has 0 aliphatic heterocycles. The Balaban J connectivity index is 2.57. The lowest BCUT2D eigenvalue weighted by molar-refractivity contribution is 0.947. The van der Waals surface area contributed by atoms with Gasteiger partial charge in [-0.2, -0.15) is 11.8 Å². The number of hydrogen-bond acceptors (Lipinski definition) is 4. The lowest BCUT2D eigenvalue weighted by Gasteiger charge is -2.18. The summed E-state index contributed by atoms with van der Waals surface area (Å²) in [5.41, 5.74) is 7.56. The molecule has 1 rings (SSSR count). The third kappa shape index (κ3) is 3.20. The van der Waals surface area contributed by atoms with Crippen molar-refractivity contribution in [3.63, 3.8) is 0 Å². The third-order valence-corrected chi connectivity index (χ3v) is 2.68. The summed E-state index contributed by atoms with van der Waals surface area (Å²) in [4.78, 5) is 6.45. The van der Waals surface area contributed by atoms with Crippen molar-refractivity contribution in [1.82, 2.24) is 4.98 Å². The molecule has 0 atom stereocenters. The Kier molecular flexibility index (Phi) is 4.76.